The van der Waals surface area contributed by atoms with E-state index in [9.17, 15) is 9.90 Å². The maximum Gasteiger partial charge on any atom is 0.304 e. The summed E-state index contributed by atoms with van der Waals surface area (Å²) >= 11 is 0. The summed E-state index contributed by atoms with van der Waals surface area (Å²) in [5.41, 5.74) is 0. The minimum Gasteiger partial charge on any atom is -0.481 e. The normalized spacial score (nSPS) is 21.1. The fourth-order valence-electron chi connectivity index (χ4n) is 1.30. The molecule has 13 heavy (non-hydrogen) atoms. The van der Waals surface area contributed by atoms with Crippen LogP contribution in [0.1, 0.15) is 26.2 Å². The molecule has 1 rings (SSSR count). The summed E-state index contributed by atoms with van der Waals surface area (Å²) in [6, 6.07) is -0.0640. The highest BCUT2D eigenvalue weighted by Crippen LogP contribution is 2.32. The molecule has 0 heterocycles. The van der Waals surface area contributed by atoms with E-state index in [4.69, 9.17) is 5.11 Å². The first-order chi connectivity index (χ1) is 6.09. The molecule has 4 heteroatoms. The van der Waals surface area contributed by atoms with E-state index in [2.05, 4.69) is 5.32 Å². The Balaban J connectivity index is 2.06. The Bertz CT molecular complexity index is 180. The van der Waals surface area contributed by atoms with Crippen molar-refractivity contribution in [1.29, 1.82) is 0 Å². The van der Waals surface area contributed by atoms with Crippen LogP contribution in [0.15, 0.2) is 0 Å². The maximum absolute atomic E-state index is 10.3. The fraction of sp³-hybridized carbons (Fsp3) is 0.889. The lowest BCUT2D eigenvalue weighted by Crippen LogP contribution is -2.35. The average Bonchev–Trinajstić information content (AvgIpc) is 2.80. The summed E-state index contributed by atoms with van der Waals surface area (Å²) in [5.74, 6) is -0.356. The van der Waals surface area contributed by atoms with Gasteiger partial charge in [-0.2, -0.15) is 0 Å². The Kier molecular flexibility index (Phi) is 3.69. The highest BCUT2D eigenvalue weighted by molar-refractivity contribution is 5.67. The Labute approximate surface area is 78.0 Å². The van der Waals surface area contributed by atoms with Gasteiger partial charge in [0.1, 0.15) is 0 Å². The first kappa shape index (κ1) is 10.5. The van der Waals surface area contributed by atoms with Crippen LogP contribution in [-0.2, 0) is 4.79 Å². The highest BCUT2D eigenvalue weighted by Gasteiger charge is 2.29. The highest BCUT2D eigenvalue weighted by atomic mass is 16.4. The van der Waals surface area contributed by atoms with Crippen LogP contribution in [0, 0.1) is 5.92 Å². The summed E-state index contributed by atoms with van der Waals surface area (Å²) in [4.78, 5) is 10.3. The van der Waals surface area contributed by atoms with Gasteiger partial charge >= 0.3 is 5.97 Å². The van der Waals surface area contributed by atoms with E-state index >= 15 is 0 Å². The van der Waals surface area contributed by atoms with Gasteiger partial charge in [0.2, 0.25) is 0 Å². The van der Waals surface area contributed by atoms with Crippen molar-refractivity contribution in [2.75, 3.05) is 6.54 Å². The van der Waals surface area contributed by atoms with E-state index in [-0.39, 0.29) is 18.6 Å². The van der Waals surface area contributed by atoms with E-state index in [1.165, 1.54) is 0 Å². The topological polar surface area (TPSA) is 69.6 Å². The zero-order valence-corrected chi connectivity index (χ0v) is 7.86. The number of carboxylic acid groups (broad SMARTS) is 1. The summed E-state index contributed by atoms with van der Waals surface area (Å²) in [5, 5.41) is 20.9. The Hall–Kier alpha value is -0.610. The Morgan fingerprint density at radius 2 is 2.23 bits per heavy atom. The Morgan fingerprint density at radius 1 is 1.62 bits per heavy atom. The molecule has 0 aliphatic heterocycles. The van der Waals surface area contributed by atoms with Crippen molar-refractivity contribution >= 4 is 5.97 Å². The number of aliphatic carboxylic acids is 1. The first-order valence-electron chi connectivity index (χ1n) is 4.73. The van der Waals surface area contributed by atoms with Crippen LogP contribution in [0.2, 0.25) is 0 Å². The van der Waals surface area contributed by atoms with Gasteiger partial charge in [0.15, 0.2) is 0 Å². The van der Waals surface area contributed by atoms with E-state index in [1.807, 2.05) is 6.92 Å². The third-order valence-corrected chi connectivity index (χ3v) is 2.32. The number of aliphatic hydroxyl groups excluding tert-OH is 1. The molecule has 2 atom stereocenters. The van der Waals surface area contributed by atoms with Crippen molar-refractivity contribution in [2.24, 2.45) is 5.92 Å². The molecule has 0 spiro atoms. The Morgan fingerprint density at radius 3 is 2.69 bits per heavy atom. The zero-order valence-electron chi connectivity index (χ0n) is 7.86. The molecule has 1 aliphatic rings. The summed E-state index contributed by atoms with van der Waals surface area (Å²) < 4.78 is 0. The quantitative estimate of drug-likeness (QED) is 0.556. The van der Waals surface area contributed by atoms with Gasteiger partial charge in [0.05, 0.1) is 12.5 Å². The van der Waals surface area contributed by atoms with Crippen molar-refractivity contribution in [1.82, 2.24) is 5.32 Å². The molecule has 0 aromatic carbocycles. The van der Waals surface area contributed by atoms with Gasteiger partial charge in [-0.15, -0.1) is 0 Å². The molecule has 0 amide bonds. The number of rotatable bonds is 6. The minimum absolute atomic E-state index is 0.0640. The van der Waals surface area contributed by atoms with Gasteiger partial charge < -0.3 is 15.5 Å². The lowest BCUT2D eigenvalue weighted by Gasteiger charge is -2.14. The smallest absolute Gasteiger partial charge is 0.304 e. The van der Waals surface area contributed by atoms with E-state index < -0.39 is 5.97 Å². The maximum atomic E-state index is 10.3. The van der Waals surface area contributed by atoms with Crippen LogP contribution in [-0.4, -0.2) is 34.9 Å². The second kappa shape index (κ2) is 4.58. The van der Waals surface area contributed by atoms with Gasteiger partial charge in [0, 0.05) is 12.6 Å². The van der Waals surface area contributed by atoms with Gasteiger partial charge in [-0.3, -0.25) is 4.79 Å². The summed E-state index contributed by atoms with van der Waals surface area (Å²) in [7, 11) is 0. The third-order valence-electron chi connectivity index (χ3n) is 2.32. The van der Waals surface area contributed by atoms with Crippen LogP contribution < -0.4 is 5.32 Å². The van der Waals surface area contributed by atoms with Gasteiger partial charge in [-0.25, -0.2) is 0 Å². The number of aliphatic hydroxyl groups is 1. The van der Waals surface area contributed by atoms with Gasteiger partial charge in [-0.1, -0.05) is 0 Å². The molecule has 0 radical (unpaired) electrons. The van der Waals surface area contributed by atoms with Crippen LogP contribution >= 0.6 is 0 Å². The number of hydrogen-bond acceptors (Lipinski definition) is 3. The molecule has 4 nitrogen and oxygen atoms in total. The molecule has 2 unspecified atom stereocenters. The fourth-order valence-corrected chi connectivity index (χ4v) is 1.30. The van der Waals surface area contributed by atoms with Crippen LogP contribution in [0.4, 0.5) is 0 Å². The van der Waals surface area contributed by atoms with Crippen molar-refractivity contribution in [3.8, 4) is 0 Å². The second-order valence-corrected chi connectivity index (χ2v) is 3.81. The molecule has 0 bridgehead atoms. The molecular weight excluding hydrogens is 170 g/mol. The second-order valence-electron chi connectivity index (χ2n) is 3.81. The van der Waals surface area contributed by atoms with Gasteiger partial charge in [0.25, 0.3) is 0 Å². The SMILES string of the molecule is CC(CC(=O)O)NCC(O)C1CC1. The predicted octanol–water partition coefficient (Wildman–Crippen LogP) is 0.210. The van der Waals surface area contributed by atoms with Crippen molar-refractivity contribution < 1.29 is 15.0 Å². The molecule has 0 aromatic heterocycles. The lowest BCUT2D eigenvalue weighted by molar-refractivity contribution is -0.137. The van der Waals surface area contributed by atoms with Crippen molar-refractivity contribution in [3.63, 3.8) is 0 Å². The molecular formula is C9H17NO3. The molecule has 0 aromatic rings. The molecule has 1 aliphatic carbocycles. The van der Waals surface area contributed by atoms with Crippen LogP contribution in [0.3, 0.4) is 0 Å². The van der Waals surface area contributed by atoms with Gasteiger partial charge in [-0.05, 0) is 25.7 Å². The number of nitrogens with one attached hydrogen (secondary N) is 1. The minimum atomic E-state index is -0.805. The summed E-state index contributed by atoms with van der Waals surface area (Å²) in [6.07, 6.45) is 2.03. The number of carbonyl (C=O) groups is 1. The lowest BCUT2D eigenvalue weighted by atomic mass is 10.2. The van der Waals surface area contributed by atoms with E-state index in [1.54, 1.807) is 0 Å². The monoisotopic (exact) mass is 187 g/mol. The van der Waals surface area contributed by atoms with E-state index in [0.29, 0.717) is 12.5 Å². The standard InChI is InChI=1S/C9H17NO3/c1-6(4-9(12)13)10-5-8(11)7-2-3-7/h6-8,10-11H,2-5H2,1H3,(H,12,13). The largest absolute Gasteiger partial charge is 0.481 e. The van der Waals surface area contributed by atoms with Crippen LogP contribution in [0.25, 0.3) is 0 Å². The first-order valence-corrected chi connectivity index (χ1v) is 4.73. The van der Waals surface area contributed by atoms with Crippen molar-refractivity contribution in [2.45, 2.75) is 38.3 Å². The van der Waals surface area contributed by atoms with E-state index in [0.717, 1.165) is 12.8 Å². The van der Waals surface area contributed by atoms with Crippen molar-refractivity contribution in [3.05, 3.63) is 0 Å². The summed E-state index contributed by atoms with van der Waals surface area (Å²) in [6.45, 7) is 2.33. The molecule has 76 valence electrons. The molecule has 3 N–H and O–H groups in total. The third kappa shape index (κ3) is 4.24. The number of carboxylic acids is 1. The molecule has 0 saturated heterocycles. The van der Waals surface area contributed by atoms with Crippen LogP contribution in [0.5, 0.6) is 0 Å². The average molecular weight is 187 g/mol. The molecule has 1 saturated carbocycles. The predicted molar refractivity (Wildman–Crippen MR) is 48.4 cm³/mol. The number of hydrogen-bond donors (Lipinski definition) is 3. The molecule has 1 fully saturated rings. The zero-order chi connectivity index (χ0) is 9.84.